The molecule has 0 aromatic heterocycles. The first kappa shape index (κ1) is 15.1. The van der Waals surface area contributed by atoms with Crippen LogP contribution in [-0.2, 0) is 28.9 Å². The lowest BCUT2D eigenvalue weighted by molar-refractivity contribution is -0.139. The van der Waals surface area contributed by atoms with Crippen LogP contribution in [0, 0.1) is 0 Å². The highest BCUT2D eigenvalue weighted by molar-refractivity contribution is 5.73. The molecular weight excluding hydrogens is 262 g/mol. The van der Waals surface area contributed by atoms with E-state index in [0.717, 1.165) is 23.2 Å². The van der Waals surface area contributed by atoms with Crippen molar-refractivity contribution in [3.63, 3.8) is 0 Å². The molecule has 0 fully saturated rings. The van der Waals surface area contributed by atoms with E-state index in [9.17, 15) is 4.79 Å². The SMILES string of the molecule is CCc1ccccc1NCc1ccccc1CC(=O)OC. The molecule has 0 heterocycles. The number of nitrogens with one attached hydrogen (secondary N) is 1. The molecule has 0 aliphatic heterocycles. The first-order valence-electron chi connectivity index (χ1n) is 7.20. The fourth-order valence-corrected chi connectivity index (χ4v) is 2.32. The molecule has 21 heavy (non-hydrogen) atoms. The average molecular weight is 283 g/mol. The highest BCUT2D eigenvalue weighted by Gasteiger charge is 2.08. The molecule has 0 atom stereocenters. The molecule has 0 aliphatic rings. The molecule has 0 saturated heterocycles. The topological polar surface area (TPSA) is 38.3 Å². The van der Waals surface area contributed by atoms with Crippen molar-refractivity contribution in [2.45, 2.75) is 26.3 Å². The van der Waals surface area contributed by atoms with Crippen LogP contribution in [0.5, 0.6) is 0 Å². The van der Waals surface area contributed by atoms with E-state index in [-0.39, 0.29) is 5.97 Å². The van der Waals surface area contributed by atoms with E-state index in [1.165, 1.54) is 12.7 Å². The largest absolute Gasteiger partial charge is 0.469 e. The minimum atomic E-state index is -0.212. The summed E-state index contributed by atoms with van der Waals surface area (Å²) < 4.78 is 4.75. The van der Waals surface area contributed by atoms with Crippen molar-refractivity contribution in [2.24, 2.45) is 0 Å². The summed E-state index contributed by atoms with van der Waals surface area (Å²) in [6.07, 6.45) is 1.30. The maximum absolute atomic E-state index is 11.5. The van der Waals surface area contributed by atoms with Crippen LogP contribution in [0.2, 0.25) is 0 Å². The van der Waals surface area contributed by atoms with Crippen LogP contribution < -0.4 is 5.32 Å². The third kappa shape index (κ3) is 4.09. The highest BCUT2D eigenvalue weighted by atomic mass is 16.5. The molecule has 2 rings (SSSR count). The van der Waals surface area contributed by atoms with Gasteiger partial charge in [-0.3, -0.25) is 4.79 Å². The smallest absolute Gasteiger partial charge is 0.309 e. The Morgan fingerprint density at radius 2 is 1.62 bits per heavy atom. The molecule has 0 saturated carbocycles. The molecule has 0 aliphatic carbocycles. The molecule has 2 aromatic carbocycles. The summed E-state index contributed by atoms with van der Waals surface area (Å²) in [6.45, 7) is 2.84. The number of rotatable bonds is 6. The normalized spacial score (nSPS) is 10.2. The van der Waals surface area contributed by atoms with Crippen molar-refractivity contribution in [3.8, 4) is 0 Å². The van der Waals surface area contributed by atoms with Crippen molar-refractivity contribution in [3.05, 3.63) is 65.2 Å². The lowest BCUT2D eigenvalue weighted by atomic mass is 10.0. The number of ether oxygens (including phenoxy) is 1. The number of carbonyl (C=O) groups excluding carboxylic acids is 1. The maximum atomic E-state index is 11.5. The second-order valence-corrected chi connectivity index (χ2v) is 4.89. The minimum absolute atomic E-state index is 0.212. The van der Waals surface area contributed by atoms with Crippen molar-refractivity contribution in [2.75, 3.05) is 12.4 Å². The maximum Gasteiger partial charge on any atom is 0.309 e. The predicted octanol–water partition coefficient (Wildman–Crippen LogP) is 3.58. The highest BCUT2D eigenvalue weighted by Crippen LogP contribution is 2.18. The van der Waals surface area contributed by atoms with Crippen LogP contribution >= 0.6 is 0 Å². The lowest BCUT2D eigenvalue weighted by Crippen LogP contribution is -2.09. The molecule has 1 N–H and O–H groups in total. The molecule has 0 radical (unpaired) electrons. The zero-order valence-corrected chi connectivity index (χ0v) is 12.6. The van der Waals surface area contributed by atoms with Crippen LogP contribution in [0.1, 0.15) is 23.6 Å². The second-order valence-electron chi connectivity index (χ2n) is 4.89. The summed E-state index contributed by atoms with van der Waals surface area (Å²) in [7, 11) is 1.42. The summed E-state index contributed by atoms with van der Waals surface area (Å²) >= 11 is 0. The number of benzene rings is 2. The Morgan fingerprint density at radius 3 is 2.29 bits per heavy atom. The second kappa shape index (κ2) is 7.48. The van der Waals surface area contributed by atoms with E-state index in [0.29, 0.717) is 13.0 Å². The van der Waals surface area contributed by atoms with Gasteiger partial charge in [0.15, 0.2) is 0 Å². The van der Waals surface area contributed by atoms with Crippen LogP contribution in [0.3, 0.4) is 0 Å². The predicted molar refractivity (Wildman–Crippen MR) is 85.3 cm³/mol. The van der Waals surface area contributed by atoms with Crippen molar-refractivity contribution < 1.29 is 9.53 Å². The first-order valence-corrected chi connectivity index (χ1v) is 7.20. The van der Waals surface area contributed by atoms with Crippen molar-refractivity contribution >= 4 is 11.7 Å². The molecule has 0 spiro atoms. The summed E-state index contributed by atoms with van der Waals surface area (Å²) in [6, 6.07) is 16.2. The van der Waals surface area contributed by atoms with Gasteiger partial charge < -0.3 is 10.1 Å². The van der Waals surface area contributed by atoms with E-state index >= 15 is 0 Å². The Morgan fingerprint density at radius 1 is 1.00 bits per heavy atom. The van der Waals surface area contributed by atoms with Crippen LogP contribution in [0.15, 0.2) is 48.5 Å². The molecule has 2 aromatic rings. The molecule has 0 amide bonds. The molecular formula is C18H21NO2. The number of anilines is 1. The van der Waals surface area contributed by atoms with Gasteiger partial charge in [-0.25, -0.2) is 0 Å². The Labute approximate surface area is 126 Å². The third-order valence-corrected chi connectivity index (χ3v) is 3.55. The van der Waals surface area contributed by atoms with E-state index in [2.05, 4.69) is 30.4 Å². The standard InChI is InChI=1S/C18H21NO2/c1-3-14-8-6-7-11-17(14)19-13-16-10-5-4-9-15(16)12-18(20)21-2/h4-11,19H,3,12-13H2,1-2H3. The van der Waals surface area contributed by atoms with Crippen molar-refractivity contribution in [1.29, 1.82) is 0 Å². The van der Waals surface area contributed by atoms with Gasteiger partial charge in [0.2, 0.25) is 0 Å². The minimum Gasteiger partial charge on any atom is -0.469 e. The third-order valence-electron chi connectivity index (χ3n) is 3.55. The summed E-state index contributed by atoms with van der Waals surface area (Å²) in [4.78, 5) is 11.5. The van der Waals surface area contributed by atoms with E-state index < -0.39 is 0 Å². The number of hydrogen-bond donors (Lipinski definition) is 1. The fraction of sp³-hybridized carbons (Fsp3) is 0.278. The average Bonchev–Trinajstić information content (AvgIpc) is 2.54. The van der Waals surface area contributed by atoms with Gasteiger partial charge in [0, 0.05) is 12.2 Å². The van der Waals surface area contributed by atoms with Gasteiger partial charge in [0.1, 0.15) is 0 Å². The zero-order chi connectivity index (χ0) is 15.1. The molecule has 0 bridgehead atoms. The van der Waals surface area contributed by atoms with Gasteiger partial charge in [-0.2, -0.15) is 0 Å². The van der Waals surface area contributed by atoms with Crippen LogP contribution in [0.4, 0.5) is 5.69 Å². The molecule has 3 nitrogen and oxygen atoms in total. The monoisotopic (exact) mass is 283 g/mol. The molecule has 0 unspecified atom stereocenters. The van der Waals surface area contributed by atoms with Gasteiger partial charge in [-0.15, -0.1) is 0 Å². The summed E-state index contributed by atoms with van der Waals surface area (Å²) in [5.41, 5.74) is 4.57. The molecule has 3 heteroatoms. The molecule has 110 valence electrons. The number of carbonyl (C=O) groups is 1. The first-order chi connectivity index (χ1) is 10.2. The van der Waals surface area contributed by atoms with Crippen LogP contribution in [0.25, 0.3) is 0 Å². The van der Waals surface area contributed by atoms with Gasteiger partial charge in [-0.05, 0) is 29.2 Å². The van der Waals surface area contributed by atoms with E-state index in [1.54, 1.807) is 0 Å². The number of aryl methyl sites for hydroxylation is 1. The Bertz CT molecular complexity index is 608. The van der Waals surface area contributed by atoms with Gasteiger partial charge in [0.05, 0.1) is 13.5 Å². The van der Waals surface area contributed by atoms with Crippen LogP contribution in [-0.4, -0.2) is 13.1 Å². The zero-order valence-electron chi connectivity index (χ0n) is 12.6. The lowest BCUT2D eigenvalue weighted by Gasteiger charge is -2.13. The van der Waals surface area contributed by atoms with Gasteiger partial charge in [0.25, 0.3) is 0 Å². The van der Waals surface area contributed by atoms with Gasteiger partial charge >= 0.3 is 5.97 Å². The summed E-state index contributed by atoms with van der Waals surface area (Å²) in [5.74, 6) is -0.212. The Kier molecular flexibility index (Phi) is 5.38. The quantitative estimate of drug-likeness (QED) is 0.824. The number of para-hydroxylation sites is 1. The van der Waals surface area contributed by atoms with Crippen molar-refractivity contribution in [1.82, 2.24) is 0 Å². The fourth-order valence-electron chi connectivity index (χ4n) is 2.32. The number of methoxy groups -OCH3 is 1. The Balaban J connectivity index is 2.11. The number of esters is 1. The summed E-state index contributed by atoms with van der Waals surface area (Å²) in [5, 5.41) is 3.46. The van der Waals surface area contributed by atoms with E-state index in [1.807, 2.05) is 30.3 Å². The number of hydrogen-bond acceptors (Lipinski definition) is 3. The van der Waals surface area contributed by atoms with E-state index in [4.69, 9.17) is 4.74 Å². The van der Waals surface area contributed by atoms with Gasteiger partial charge in [-0.1, -0.05) is 49.4 Å². The Hall–Kier alpha value is -2.29.